The molecule has 0 aliphatic heterocycles. The summed E-state index contributed by atoms with van der Waals surface area (Å²) in [5, 5.41) is 0. The van der Waals surface area contributed by atoms with Crippen molar-refractivity contribution in [3.8, 4) is 5.75 Å². The number of hydrogen-bond donors (Lipinski definition) is 0. The second-order valence-corrected chi connectivity index (χ2v) is 3.30. The Labute approximate surface area is 78.5 Å². The summed E-state index contributed by atoms with van der Waals surface area (Å²) in [6, 6.07) is 6.18. The Balaban J connectivity index is 2.46. The van der Waals surface area contributed by atoms with Crippen molar-refractivity contribution >= 4 is 0 Å². The van der Waals surface area contributed by atoms with Gasteiger partial charge in [0.05, 0.1) is 13.2 Å². The molecule has 0 fully saturated rings. The standard InChI is InChI=1S/C11H14O2/c1-12-9-5-3-4-8-6-7-10(13-2)11(8)9/h3-5,10H,6-7H2,1-2H3. The highest BCUT2D eigenvalue weighted by atomic mass is 16.5. The van der Waals surface area contributed by atoms with Crippen LogP contribution in [0.25, 0.3) is 0 Å². The summed E-state index contributed by atoms with van der Waals surface area (Å²) in [6.45, 7) is 0. The van der Waals surface area contributed by atoms with Gasteiger partial charge in [-0.3, -0.25) is 0 Å². The average Bonchev–Trinajstić information content (AvgIpc) is 2.60. The van der Waals surface area contributed by atoms with Crippen molar-refractivity contribution < 1.29 is 9.47 Å². The maximum absolute atomic E-state index is 5.40. The van der Waals surface area contributed by atoms with E-state index in [0.717, 1.165) is 18.6 Å². The van der Waals surface area contributed by atoms with Crippen molar-refractivity contribution in [2.45, 2.75) is 18.9 Å². The second kappa shape index (κ2) is 3.38. The SMILES string of the molecule is COc1cccc2c1C(OC)CC2. The Morgan fingerprint density at radius 1 is 1.31 bits per heavy atom. The summed E-state index contributed by atoms with van der Waals surface area (Å²) >= 11 is 0. The largest absolute Gasteiger partial charge is 0.496 e. The van der Waals surface area contributed by atoms with Gasteiger partial charge in [0.2, 0.25) is 0 Å². The minimum atomic E-state index is 0.228. The molecule has 1 unspecified atom stereocenters. The molecule has 0 heterocycles. The van der Waals surface area contributed by atoms with Crippen LogP contribution in [0.15, 0.2) is 18.2 Å². The number of aryl methyl sites for hydroxylation is 1. The van der Waals surface area contributed by atoms with Crippen LogP contribution >= 0.6 is 0 Å². The van der Waals surface area contributed by atoms with Gasteiger partial charge in [0.25, 0.3) is 0 Å². The molecular weight excluding hydrogens is 164 g/mol. The molecule has 70 valence electrons. The summed E-state index contributed by atoms with van der Waals surface area (Å²) < 4.78 is 10.7. The number of benzene rings is 1. The number of rotatable bonds is 2. The zero-order valence-corrected chi connectivity index (χ0v) is 8.04. The molecule has 0 radical (unpaired) electrons. The highest BCUT2D eigenvalue weighted by Gasteiger charge is 2.25. The molecule has 0 saturated heterocycles. The molecule has 1 aliphatic rings. The molecule has 0 N–H and O–H groups in total. The van der Waals surface area contributed by atoms with Gasteiger partial charge in [0, 0.05) is 12.7 Å². The molecule has 0 amide bonds. The van der Waals surface area contributed by atoms with Crippen molar-refractivity contribution in [1.29, 1.82) is 0 Å². The third kappa shape index (κ3) is 1.31. The molecule has 1 aliphatic carbocycles. The molecule has 0 aromatic heterocycles. The Kier molecular flexibility index (Phi) is 2.23. The number of hydrogen-bond acceptors (Lipinski definition) is 2. The summed E-state index contributed by atoms with van der Waals surface area (Å²) in [7, 11) is 3.47. The van der Waals surface area contributed by atoms with Gasteiger partial charge in [0.1, 0.15) is 5.75 Å². The Hall–Kier alpha value is -1.02. The third-order valence-electron chi connectivity index (χ3n) is 2.66. The van der Waals surface area contributed by atoms with E-state index in [2.05, 4.69) is 6.07 Å². The van der Waals surface area contributed by atoms with E-state index in [-0.39, 0.29) is 6.10 Å². The quantitative estimate of drug-likeness (QED) is 0.692. The first-order valence-electron chi connectivity index (χ1n) is 4.55. The van der Waals surface area contributed by atoms with Gasteiger partial charge >= 0.3 is 0 Å². The predicted molar refractivity (Wildman–Crippen MR) is 51.1 cm³/mol. The molecule has 0 spiro atoms. The topological polar surface area (TPSA) is 18.5 Å². The highest BCUT2D eigenvalue weighted by Crippen LogP contribution is 2.39. The van der Waals surface area contributed by atoms with Crippen molar-refractivity contribution in [2.24, 2.45) is 0 Å². The van der Waals surface area contributed by atoms with E-state index >= 15 is 0 Å². The zero-order chi connectivity index (χ0) is 9.26. The van der Waals surface area contributed by atoms with E-state index < -0.39 is 0 Å². The van der Waals surface area contributed by atoms with E-state index in [1.807, 2.05) is 12.1 Å². The molecule has 0 bridgehead atoms. The minimum absolute atomic E-state index is 0.228. The lowest BCUT2D eigenvalue weighted by Gasteiger charge is -2.12. The minimum Gasteiger partial charge on any atom is -0.496 e. The fourth-order valence-corrected chi connectivity index (χ4v) is 2.02. The summed E-state index contributed by atoms with van der Waals surface area (Å²) in [5.41, 5.74) is 2.61. The molecule has 2 rings (SSSR count). The summed E-state index contributed by atoms with van der Waals surface area (Å²) in [5.74, 6) is 0.960. The highest BCUT2D eigenvalue weighted by molar-refractivity contribution is 5.44. The molecule has 13 heavy (non-hydrogen) atoms. The lowest BCUT2D eigenvalue weighted by Crippen LogP contribution is -1.98. The van der Waals surface area contributed by atoms with E-state index in [4.69, 9.17) is 9.47 Å². The van der Waals surface area contributed by atoms with Crippen molar-refractivity contribution in [1.82, 2.24) is 0 Å². The smallest absolute Gasteiger partial charge is 0.124 e. The van der Waals surface area contributed by atoms with Gasteiger partial charge in [-0.05, 0) is 24.5 Å². The lowest BCUT2D eigenvalue weighted by molar-refractivity contribution is 0.103. The number of methoxy groups -OCH3 is 2. The Morgan fingerprint density at radius 3 is 2.85 bits per heavy atom. The van der Waals surface area contributed by atoms with E-state index in [9.17, 15) is 0 Å². The maximum atomic E-state index is 5.40. The van der Waals surface area contributed by atoms with Gasteiger partial charge in [0.15, 0.2) is 0 Å². The van der Waals surface area contributed by atoms with Crippen LogP contribution in [0.4, 0.5) is 0 Å². The molecule has 2 heteroatoms. The van der Waals surface area contributed by atoms with Gasteiger partial charge in [-0.15, -0.1) is 0 Å². The first-order chi connectivity index (χ1) is 6.36. The van der Waals surface area contributed by atoms with Crippen LogP contribution in [-0.2, 0) is 11.2 Å². The number of fused-ring (bicyclic) bond motifs is 1. The normalized spacial score (nSPS) is 20.0. The fourth-order valence-electron chi connectivity index (χ4n) is 2.02. The molecule has 1 atom stereocenters. The summed E-state index contributed by atoms with van der Waals surface area (Å²) in [6.07, 6.45) is 2.41. The first kappa shape index (κ1) is 8.57. The van der Waals surface area contributed by atoms with Crippen molar-refractivity contribution in [3.05, 3.63) is 29.3 Å². The fraction of sp³-hybridized carbons (Fsp3) is 0.455. The van der Waals surface area contributed by atoms with E-state index in [1.54, 1.807) is 14.2 Å². The zero-order valence-electron chi connectivity index (χ0n) is 8.04. The van der Waals surface area contributed by atoms with Crippen LogP contribution in [0.3, 0.4) is 0 Å². The second-order valence-electron chi connectivity index (χ2n) is 3.30. The van der Waals surface area contributed by atoms with Crippen LogP contribution in [0.5, 0.6) is 5.75 Å². The lowest BCUT2D eigenvalue weighted by atomic mass is 10.1. The Bertz CT molecular complexity index is 307. The average molecular weight is 178 g/mol. The van der Waals surface area contributed by atoms with Crippen molar-refractivity contribution in [2.75, 3.05) is 14.2 Å². The third-order valence-corrected chi connectivity index (χ3v) is 2.66. The number of ether oxygens (including phenoxy) is 2. The van der Waals surface area contributed by atoms with E-state index in [0.29, 0.717) is 0 Å². The van der Waals surface area contributed by atoms with E-state index in [1.165, 1.54) is 11.1 Å². The van der Waals surface area contributed by atoms with Gasteiger partial charge in [-0.2, -0.15) is 0 Å². The Morgan fingerprint density at radius 2 is 2.15 bits per heavy atom. The van der Waals surface area contributed by atoms with Crippen LogP contribution in [0.1, 0.15) is 23.7 Å². The molecule has 0 saturated carbocycles. The monoisotopic (exact) mass is 178 g/mol. The molecule has 1 aromatic carbocycles. The van der Waals surface area contributed by atoms with Gasteiger partial charge in [-0.1, -0.05) is 12.1 Å². The van der Waals surface area contributed by atoms with Crippen LogP contribution in [-0.4, -0.2) is 14.2 Å². The van der Waals surface area contributed by atoms with Crippen LogP contribution in [0.2, 0.25) is 0 Å². The molecule has 2 nitrogen and oxygen atoms in total. The van der Waals surface area contributed by atoms with Gasteiger partial charge in [-0.25, -0.2) is 0 Å². The van der Waals surface area contributed by atoms with Crippen LogP contribution < -0.4 is 4.74 Å². The molecular formula is C11H14O2. The van der Waals surface area contributed by atoms with Crippen molar-refractivity contribution in [3.63, 3.8) is 0 Å². The maximum Gasteiger partial charge on any atom is 0.124 e. The molecule has 1 aromatic rings. The van der Waals surface area contributed by atoms with Crippen LogP contribution in [0, 0.1) is 0 Å². The predicted octanol–water partition coefficient (Wildman–Crippen LogP) is 2.33. The van der Waals surface area contributed by atoms with Gasteiger partial charge < -0.3 is 9.47 Å². The summed E-state index contributed by atoms with van der Waals surface area (Å²) in [4.78, 5) is 0. The first-order valence-corrected chi connectivity index (χ1v) is 4.55.